The fourth-order valence-corrected chi connectivity index (χ4v) is 2.80. The van der Waals surface area contributed by atoms with Gasteiger partial charge in [0.2, 0.25) is 0 Å². The molecule has 2 heterocycles. The number of ketones is 1. The van der Waals surface area contributed by atoms with Crippen molar-refractivity contribution in [2.24, 2.45) is 0 Å². The zero-order valence-electron chi connectivity index (χ0n) is 11.1. The largest absolute Gasteiger partial charge is 0.493 e. The van der Waals surface area contributed by atoms with Crippen LogP contribution in [0.15, 0.2) is 30.6 Å². The summed E-state index contributed by atoms with van der Waals surface area (Å²) >= 11 is 6.11. The topological polar surface area (TPSA) is 39.2 Å². The zero-order chi connectivity index (χ0) is 14.1. The van der Waals surface area contributed by atoms with Crippen LogP contribution in [0.3, 0.4) is 0 Å². The maximum atomic E-state index is 12.4. The molecule has 0 N–H and O–H groups in total. The minimum atomic E-state index is 0.0601. The van der Waals surface area contributed by atoms with E-state index in [9.17, 15) is 4.79 Å². The minimum Gasteiger partial charge on any atom is -0.493 e. The first-order chi connectivity index (χ1) is 9.65. The summed E-state index contributed by atoms with van der Waals surface area (Å²) in [6.45, 7) is 2.55. The smallest absolute Gasteiger partial charge is 0.167 e. The molecule has 0 radical (unpaired) electrons. The standard InChI is InChI=1S/C16H14ClNO2/c1-10-9-18-4-2-14(10)15(19)8-12-7-13(17)6-11-3-5-20-16(11)12/h2,4,6-7,9H,3,5,8H2,1H3. The van der Waals surface area contributed by atoms with Crippen molar-refractivity contribution in [1.29, 1.82) is 0 Å². The Labute approximate surface area is 122 Å². The molecule has 0 fully saturated rings. The molecule has 1 aromatic carbocycles. The Bertz CT molecular complexity index is 682. The van der Waals surface area contributed by atoms with Crippen molar-refractivity contribution in [2.45, 2.75) is 19.8 Å². The van der Waals surface area contributed by atoms with Gasteiger partial charge in [-0.1, -0.05) is 11.6 Å². The van der Waals surface area contributed by atoms with Gasteiger partial charge in [0.05, 0.1) is 6.61 Å². The number of fused-ring (bicyclic) bond motifs is 1. The second kappa shape index (κ2) is 5.25. The molecule has 0 unspecified atom stereocenters. The van der Waals surface area contributed by atoms with E-state index in [1.807, 2.05) is 19.1 Å². The van der Waals surface area contributed by atoms with Gasteiger partial charge in [0, 0.05) is 41.4 Å². The second-order valence-corrected chi connectivity index (χ2v) is 5.38. The second-order valence-electron chi connectivity index (χ2n) is 4.94. The molecular formula is C16H14ClNO2. The molecule has 3 rings (SSSR count). The van der Waals surface area contributed by atoms with Crippen LogP contribution < -0.4 is 4.74 Å². The number of hydrogen-bond acceptors (Lipinski definition) is 3. The lowest BCUT2D eigenvalue weighted by Gasteiger charge is -2.09. The van der Waals surface area contributed by atoms with Gasteiger partial charge in [-0.2, -0.15) is 0 Å². The number of ether oxygens (including phenoxy) is 1. The van der Waals surface area contributed by atoms with Crippen LogP contribution >= 0.6 is 11.6 Å². The van der Waals surface area contributed by atoms with Crippen LogP contribution in [0.5, 0.6) is 5.75 Å². The number of aromatic nitrogens is 1. The van der Waals surface area contributed by atoms with E-state index in [2.05, 4.69) is 4.98 Å². The predicted octanol–water partition coefficient (Wildman–Crippen LogP) is 3.40. The quantitative estimate of drug-likeness (QED) is 0.812. The fourth-order valence-electron chi connectivity index (χ4n) is 2.53. The Hall–Kier alpha value is -1.87. The van der Waals surface area contributed by atoms with Crippen LogP contribution in [0.4, 0.5) is 0 Å². The van der Waals surface area contributed by atoms with Gasteiger partial charge in [-0.3, -0.25) is 9.78 Å². The number of rotatable bonds is 3. The van der Waals surface area contributed by atoms with E-state index in [0.29, 0.717) is 23.6 Å². The van der Waals surface area contributed by atoms with Crippen molar-refractivity contribution < 1.29 is 9.53 Å². The van der Waals surface area contributed by atoms with Crippen LogP contribution in [0, 0.1) is 6.92 Å². The summed E-state index contributed by atoms with van der Waals surface area (Å²) in [7, 11) is 0. The molecule has 0 atom stereocenters. The van der Waals surface area contributed by atoms with E-state index in [0.717, 1.165) is 28.9 Å². The molecule has 0 amide bonds. The number of aryl methyl sites for hydroxylation is 1. The first kappa shape index (κ1) is 13.1. The van der Waals surface area contributed by atoms with Crippen LogP contribution in [-0.4, -0.2) is 17.4 Å². The molecule has 2 aromatic rings. The summed E-state index contributed by atoms with van der Waals surface area (Å²) in [6, 6.07) is 5.49. The van der Waals surface area contributed by atoms with Crippen molar-refractivity contribution in [1.82, 2.24) is 4.98 Å². The van der Waals surface area contributed by atoms with Crippen LogP contribution in [0.2, 0.25) is 5.02 Å². The van der Waals surface area contributed by atoms with Crippen molar-refractivity contribution in [2.75, 3.05) is 6.61 Å². The molecule has 1 aliphatic rings. The third kappa shape index (κ3) is 2.41. The Morgan fingerprint density at radius 3 is 3.10 bits per heavy atom. The van der Waals surface area contributed by atoms with Crippen molar-refractivity contribution in [3.63, 3.8) is 0 Å². The molecule has 0 saturated carbocycles. The van der Waals surface area contributed by atoms with Crippen LogP contribution in [0.25, 0.3) is 0 Å². The van der Waals surface area contributed by atoms with Gasteiger partial charge in [0.1, 0.15) is 5.75 Å². The van der Waals surface area contributed by atoms with Gasteiger partial charge in [-0.05, 0) is 36.2 Å². The lowest BCUT2D eigenvalue weighted by molar-refractivity contribution is 0.0991. The zero-order valence-corrected chi connectivity index (χ0v) is 11.9. The Morgan fingerprint density at radius 2 is 2.30 bits per heavy atom. The molecule has 4 heteroatoms. The fraction of sp³-hybridized carbons (Fsp3) is 0.250. The van der Waals surface area contributed by atoms with Crippen molar-refractivity contribution >= 4 is 17.4 Å². The molecule has 0 aliphatic carbocycles. The van der Waals surface area contributed by atoms with Crippen molar-refractivity contribution in [3.05, 3.63) is 57.9 Å². The Morgan fingerprint density at radius 1 is 1.45 bits per heavy atom. The number of pyridine rings is 1. The summed E-state index contributed by atoms with van der Waals surface area (Å²) < 4.78 is 5.63. The molecular weight excluding hydrogens is 274 g/mol. The van der Waals surface area contributed by atoms with E-state index in [1.165, 1.54) is 0 Å². The molecule has 102 valence electrons. The molecule has 20 heavy (non-hydrogen) atoms. The minimum absolute atomic E-state index is 0.0601. The summed E-state index contributed by atoms with van der Waals surface area (Å²) in [5.41, 5.74) is 3.54. The number of Topliss-reactive ketones (excluding diaryl/α,β-unsaturated/α-hetero) is 1. The van der Waals surface area contributed by atoms with Gasteiger partial charge in [-0.25, -0.2) is 0 Å². The average Bonchev–Trinajstić information content (AvgIpc) is 2.87. The third-order valence-electron chi connectivity index (χ3n) is 3.50. The first-order valence-corrected chi connectivity index (χ1v) is 6.91. The normalized spacial score (nSPS) is 12.9. The van der Waals surface area contributed by atoms with E-state index < -0.39 is 0 Å². The highest BCUT2D eigenvalue weighted by Crippen LogP contribution is 2.33. The van der Waals surface area contributed by atoms with Gasteiger partial charge < -0.3 is 4.74 Å². The number of halogens is 1. The number of nitrogens with zero attached hydrogens (tertiary/aromatic N) is 1. The Kier molecular flexibility index (Phi) is 3.45. The number of carbonyl (C=O) groups excluding carboxylic acids is 1. The van der Waals surface area contributed by atoms with E-state index in [-0.39, 0.29) is 5.78 Å². The van der Waals surface area contributed by atoms with Crippen LogP contribution in [-0.2, 0) is 12.8 Å². The highest BCUT2D eigenvalue weighted by molar-refractivity contribution is 6.30. The summed E-state index contributed by atoms with van der Waals surface area (Å²) in [5, 5.41) is 0.656. The molecule has 1 aliphatic heterocycles. The third-order valence-corrected chi connectivity index (χ3v) is 3.72. The monoisotopic (exact) mass is 287 g/mol. The van der Waals surface area contributed by atoms with Gasteiger partial charge in [-0.15, -0.1) is 0 Å². The summed E-state index contributed by atoms with van der Waals surface area (Å²) in [6.07, 6.45) is 4.49. The van der Waals surface area contributed by atoms with E-state index in [1.54, 1.807) is 18.5 Å². The first-order valence-electron chi connectivity index (χ1n) is 6.53. The van der Waals surface area contributed by atoms with Crippen molar-refractivity contribution in [3.8, 4) is 5.75 Å². The highest BCUT2D eigenvalue weighted by Gasteiger charge is 2.20. The Balaban J connectivity index is 1.93. The predicted molar refractivity (Wildman–Crippen MR) is 77.7 cm³/mol. The summed E-state index contributed by atoms with van der Waals surface area (Å²) in [4.78, 5) is 16.4. The number of benzene rings is 1. The highest BCUT2D eigenvalue weighted by atomic mass is 35.5. The number of carbonyl (C=O) groups is 1. The lowest BCUT2D eigenvalue weighted by atomic mass is 9.98. The lowest BCUT2D eigenvalue weighted by Crippen LogP contribution is -2.07. The van der Waals surface area contributed by atoms with Gasteiger partial charge >= 0.3 is 0 Å². The van der Waals surface area contributed by atoms with Gasteiger partial charge in [0.15, 0.2) is 5.78 Å². The van der Waals surface area contributed by atoms with E-state index in [4.69, 9.17) is 16.3 Å². The molecule has 0 spiro atoms. The molecule has 1 aromatic heterocycles. The molecule has 3 nitrogen and oxygen atoms in total. The number of hydrogen-bond donors (Lipinski definition) is 0. The molecule has 0 saturated heterocycles. The maximum absolute atomic E-state index is 12.4. The van der Waals surface area contributed by atoms with E-state index >= 15 is 0 Å². The molecule has 0 bridgehead atoms. The van der Waals surface area contributed by atoms with Crippen LogP contribution in [0.1, 0.15) is 27.0 Å². The maximum Gasteiger partial charge on any atom is 0.167 e. The SMILES string of the molecule is Cc1cnccc1C(=O)Cc1cc(Cl)cc2c1OCC2. The van der Waals surface area contributed by atoms with Gasteiger partial charge in [0.25, 0.3) is 0 Å². The average molecular weight is 288 g/mol. The summed E-state index contributed by atoms with van der Waals surface area (Å²) in [5.74, 6) is 0.888.